The van der Waals surface area contributed by atoms with E-state index in [2.05, 4.69) is 5.32 Å². The van der Waals surface area contributed by atoms with Gasteiger partial charge >= 0.3 is 5.97 Å². The monoisotopic (exact) mass is 263 g/mol. The quantitative estimate of drug-likeness (QED) is 0.598. The van der Waals surface area contributed by atoms with Crippen molar-refractivity contribution >= 4 is 17.3 Å². The Kier molecular flexibility index (Phi) is 4.83. The molecule has 0 aliphatic heterocycles. The van der Waals surface area contributed by atoms with Crippen LogP contribution >= 0.6 is 0 Å². The lowest BCUT2D eigenvalue weighted by atomic mass is 10.1. The van der Waals surface area contributed by atoms with E-state index in [-0.39, 0.29) is 23.6 Å². The largest absolute Gasteiger partial charge is 0.481 e. The van der Waals surface area contributed by atoms with Gasteiger partial charge in [0.2, 0.25) is 0 Å². The van der Waals surface area contributed by atoms with E-state index in [1.807, 2.05) is 6.07 Å². The summed E-state index contributed by atoms with van der Waals surface area (Å²) in [5, 5.41) is 31.1. The number of carboxylic acid groups (broad SMARTS) is 1. The van der Waals surface area contributed by atoms with Crippen LogP contribution in [0.1, 0.15) is 18.9 Å². The molecule has 0 radical (unpaired) electrons. The van der Waals surface area contributed by atoms with Gasteiger partial charge in [-0.25, -0.2) is 0 Å². The predicted molar refractivity (Wildman–Crippen MR) is 67.7 cm³/mol. The van der Waals surface area contributed by atoms with Gasteiger partial charge in [0.05, 0.1) is 16.2 Å². The smallest absolute Gasteiger partial charge is 0.303 e. The molecule has 0 heterocycles. The molecule has 0 aliphatic rings. The Bertz CT molecular complexity index is 536. The first kappa shape index (κ1) is 14.4. The maximum atomic E-state index is 10.6. The molecule has 19 heavy (non-hydrogen) atoms. The fourth-order valence-corrected chi connectivity index (χ4v) is 1.55. The minimum atomic E-state index is -0.890. The molecule has 1 aromatic rings. The van der Waals surface area contributed by atoms with Crippen LogP contribution in [0.4, 0.5) is 11.4 Å². The molecule has 0 fully saturated rings. The second kappa shape index (κ2) is 6.35. The zero-order chi connectivity index (χ0) is 14.4. The van der Waals surface area contributed by atoms with Crippen LogP contribution in [0.25, 0.3) is 0 Å². The van der Waals surface area contributed by atoms with Gasteiger partial charge in [-0.3, -0.25) is 14.9 Å². The van der Waals surface area contributed by atoms with Gasteiger partial charge in [0, 0.05) is 25.1 Å². The number of anilines is 1. The van der Waals surface area contributed by atoms with Crippen LogP contribution in [-0.2, 0) is 4.79 Å². The molecule has 0 amide bonds. The Morgan fingerprint density at radius 3 is 2.84 bits per heavy atom. The highest BCUT2D eigenvalue weighted by molar-refractivity contribution is 5.67. The minimum Gasteiger partial charge on any atom is -0.481 e. The van der Waals surface area contributed by atoms with Gasteiger partial charge in [-0.2, -0.15) is 5.26 Å². The summed E-state index contributed by atoms with van der Waals surface area (Å²) in [5.74, 6) is -1.00. The molecule has 0 spiro atoms. The maximum absolute atomic E-state index is 10.6. The summed E-state index contributed by atoms with van der Waals surface area (Å²) in [6.45, 7) is 2.14. The van der Waals surface area contributed by atoms with Gasteiger partial charge in [0.1, 0.15) is 6.07 Å². The number of carbonyl (C=O) groups is 1. The topological polar surface area (TPSA) is 116 Å². The van der Waals surface area contributed by atoms with Crippen molar-refractivity contribution < 1.29 is 14.8 Å². The van der Waals surface area contributed by atoms with E-state index in [4.69, 9.17) is 10.4 Å². The van der Waals surface area contributed by atoms with Crippen molar-refractivity contribution in [3.63, 3.8) is 0 Å². The number of rotatable bonds is 6. The molecule has 1 atom stereocenters. The molecule has 2 N–H and O–H groups in total. The Labute approximate surface area is 109 Å². The lowest BCUT2D eigenvalue weighted by Gasteiger charge is -2.12. The number of non-ortho nitro benzene ring substituents is 1. The molecule has 7 nitrogen and oxygen atoms in total. The van der Waals surface area contributed by atoms with Crippen LogP contribution in [0, 0.1) is 27.4 Å². The predicted octanol–water partition coefficient (Wildman–Crippen LogP) is 1.99. The molecule has 0 saturated heterocycles. The van der Waals surface area contributed by atoms with E-state index < -0.39 is 10.9 Å². The highest BCUT2D eigenvalue weighted by atomic mass is 16.6. The van der Waals surface area contributed by atoms with Crippen molar-refractivity contribution in [2.75, 3.05) is 11.9 Å². The first-order valence-electron chi connectivity index (χ1n) is 5.58. The second-order valence-corrected chi connectivity index (χ2v) is 4.18. The third kappa shape index (κ3) is 4.27. The van der Waals surface area contributed by atoms with E-state index >= 15 is 0 Å². The zero-order valence-corrected chi connectivity index (χ0v) is 10.3. The van der Waals surface area contributed by atoms with Crippen LogP contribution in [0.3, 0.4) is 0 Å². The van der Waals surface area contributed by atoms with Gasteiger partial charge in [-0.05, 0) is 12.0 Å². The maximum Gasteiger partial charge on any atom is 0.303 e. The molecule has 0 bridgehead atoms. The van der Waals surface area contributed by atoms with Gasteiger partial charge in [-0.15, -0.1) is 0 Å². The number of nitro groups is 1. The lowest BCUT2D eigenvalue weighted by molar-refractivity contribution is -0.384. The Morgan fingerprint density at radius 2 is 2.32 bits per heavy atom. The standard InChI is InChI=1S/C12H13N3O4/c1-8(4-12(16)17)7-14-11-3-2-10(15(18)19)5-9(11)6-13/h2-3,5,8,14H,4,7H2,1H3,(H,16,17). The number of hydrogen-bond acceptors (Lipinski definition) is 5. The third-order valence-electron chi connectivity index (χ3n) is 2.50. The number of benzene rings is 1. The number of carboxylic acids is 1. The van der Waals surface area contributed by atoms with Crippen molar-refractivity contribution in [3.05, 3.63) is 33.9 Å². The highest BCUT2D eigenvalue weighted by Gasteiger charge is 2.12. The van der Waals surface area contributed by atoms with Crippen molar-refractivity contribution in [3.8, 4) is 6.07 Å². The number of aliphatic carboxylic acids is 1. The van der Waals surface area contributed by atoms with Crippen LogP contribution in [0.5, 0.6) is 0 Å². The lowest BCUT2D eigenvalue weighted by Crippen LogP contribution is -2.15. The van der Waals surface area contributed by atoms with Gasteiger partial charge in [0.15, 0.2) is 0 Å². The zero-order valence-electron chi connectivity index (χ0n) is 10.3. The van der Waals surface area contributed by atoms with E-state index in [0.717, 1.165) is 0 Å². The Balaban J connectivity index is 2.76. The number of nitrogens with one attached hydrogen (secondary N) is 1. The van der Waals surface area contributed by atoms with Crippen molar-refractivity contribution in [2.24, 2.45) is 5.92 Å². The van der Waals surface area contributed by atoms with Crippen LogP contribution < -0.4 is 5.32 Å². The van der Waals surface area contributed by atoms with Gasteiger partial charge in [-0.1, -0.05) is 6.92 Å². The first-order chi connectivity index (χ1) is 8.93. The number of nitriles is 1. The normalized spacial score (nSPS) is 11.4. The van der Waals surface area contributed by atoms with Crippen molar-refractivity contribution in [1.29, 1.82) is 5.26 Å². The molecular weight excluding hydrogens is 250 g/mol. The number of hydrogen-bond donors (Lipinski definition) is 2. The van der Waals surface area contributed by atoms with Crippen molar-refractivity contribution in [1.82, 2.24) is 0 Å². The van der Waals surface area contributed by atoms with E-state index in [0.29, 0.717) is 12.2 Å². The Hall–Kier alpha value is -2.62. The van der Waals surface area contributed by atoms with Crippen molar-refractivity contribution in [2.45, 2.75) is 13.3 Å². The molecule has 1 aromatic carbocycles. The molecule has 1 unspecified atom stereocenters. The molecule has 0 saturated carbocycles. The fraction of sp³-hybridized carbons (Fsp3) is 0.333. The van der Waals surface area contributed by atoms with E-state index in [1.165, 1.54) is 18.2 Å². The summed E-state index contributed by atoms with van der Waals surface area (Å²) in [6.07, 6.45) is 0.0157. The molecule has 0 aromatic heterocycles. The summed E-state index contributed by atoms with van der Waals surface area (Å²) in [4.78, 5) is 20.5. The average Bonchev–Trinajstić information content (AvgIpc) is 2.35. The fourth-order valence-electron chi connectivity index (χ4n) is 1.55. The molecule has 0 aliphatic carbocycles. The summed E-state index contributed by atoms with van der Waals surface area (Å²) in [6, 6.07) is 5.80. The summed E-state index contributed by atoms with van der Waals surface area (Å²) in [7, 11) is 0. The molecule has 100 valence electrons. The average molecular weight is 263 g/mol. The summed E-state index contributed by atoms with van der Waals surface area (Å²) in [5.41, 5.74) is 0.475. The Morgan fingerprint density at radius 1 is 1.63 bits per heavy atom. The molecule has 7 heteroatoms. The second-order valence-electron chi connectivity index (χ2n) is 4.18. The van der Waals surface area contributed by atoms with Crippen LogP contribution in [0.15, 0.2) is 18.2 Å². The van der Waals surface area contributed by atoms with E-state index in [9.17, 15) is 14.9 Å². The highest BCUT2D eigenvalue weighted by Crippen LogP contribution is 2.21. The molecular formula is C12H13N3O4. The van der Waals surface area contributed by atoms with Gasteiger partial charge < -0.3 is 10.4 Å². The summed E-state index contributed by atoms with van der Waals surface area (Å²) < 4.78 is 0. The van der Waals surface area contributed by atoms with Gasteiger partial charge in [0.25, 0.3) is 5.69 Å². The number of nitrogens with zero attached hydrogens (tertiary/aromatic N) is 2. The summed E-state index contributed by atoms with van der Waals surface area (Å²) >= 11 is 0. The minimum absolute atomic E-state index is 0.0157. The van der Waals surface area contributed by atoms with E-state index in [1.54, 1.807) is 6.92 Å². The molecule has 1 rings (SSSR count). The SMILES string of the molecule is CC(CNc1ccc([N+](=O)[O-])cc1C#N)CC(=O)O. The number of nitro benzene ring substituents is 1. The van der Waals surface area contributed by atoms with Crippen LogP contribution in [0.2, 0.25) is 0 Å². The van der Waals surface area contributed by atoms with Crippen LogP contribution in [-0.4, -0.2) is 22.5 Å². The third-order valence-corrected chi connectivity index (χ3v) is 2.50. The first-order valence-corrected chi connectivity index (χ1v) is 5.58.